The van der Waals surface area contributed by atoms with Crippen molar-refractivity contribution in [2.75, 3.05) is 0 Å². The molecule has 3 heteroatoms. The molecular formula is C28H22N2Si. The first-order chi connectivity index (χ1) is 15.4. The van der Waals surface area contributed by atoms with Gasteiger partial charge in [-0.3, -0.25) is 9.97 Å². The first kappa shape index (κ1) is 19.2. The molecule has 0 aliphatic rings. The molecule has 0 atom stereocenters. The highest BCUT2D eigenvalue weighted by molar-refractivity contribution is 7.19. The third kappa shape index (κ3) is 3.49. The van der Waals surface area contributed by atoms with Gasteiger partial charge in [-0.15, -0.1) is 0 Å². The molecule has 148 valence electrons. The van der Waals surface area contributed by atoms with Crippen LogP contribution in [0.4, 0.5) is 0 Å². The van der Waals surface area contributed by atoms with Crippen molar-refractivity contribution >= 4 is 28.8 Å². The van der Waals surface area contributed by atoms with Crippen molar-refractivity contribution in [3.63, 3.8) is 0 Å². The molecule has 0 bridgehead atoms. The summed E-state index contributed by atoms with van der Waals surface area (Å²) in [7, 11) is -2.50. The minimum atomic E-state index is -2.50. The topological polar surface area (TPSA) is 25.8 Å². The van der Waals surface area contributed by atoms with Gasteiger partial charge < -0.3 is 0 Å². The van der Waals surface area contributed by atoms with E-state index in [0.717, 1.165) is 11.3 Å². The van der Waals surface area contributed by atoms with Gasteiger partial charge in [-0.05, 0) is 38.9 Å². The van der Waals surface area contributed by atoms with Gasteiger partial charge in [0.1, 0.15) is 0 Å². The van der Waals surface area contributed by atoms with Gasteiger partial charge in [0.2, 0.25) is 0 Å². The number of nitrogens with zero attached hydrogens (tertiary/aromatic N) is 2. The van der Waals surface area contributed by atoms with E-state index < -0.39 is 8.07 Å². The highest BCUT2D eigenvalue weighted by atomic mass is 28.3. The van der Waals surface area contributed by atoms with Crippen LogP contribution in [0.1, 0.15) is 0 Å². The lowest BCUT2D eigenvalue weighted by Gasteiger charge is -2.34. The van der Waals surface area contributed by atoms with Crippen LogP contribution in [-0.2, 0) is 0 Å². The van der Waals surface area contributed by atoms with Crippen molar-refractivity contribution in [3.05, 3.63) is 134 Å². The SMILES string of the molecule is c1ccc([Si](c2ccccc2)(c2ccccc2)c2ccc(-c3ccncc3)nc2)cc1. The molecule has 0 N–H and O–H groups in total. The zero-order valence-corrected chi connectivity index (χ0v) is 18.1. The van der Waals surface area contributed by atoms with E-state index in [1.807, 2.05) is 24.5 Å². The van der Waals surface area contributed by atoms with Gasteiger partial charge in [-0.25, -0.2) is 0 Å². The third-order valence-corrected chi connectivity index (χ3v) is 10.6. The summed E-state index contributed by atoms with van der Waals surface area (Å²) in [5.74, 6) is 0. The van der Waals surface area contributed by atoms with E-state index in [1.165, 1.54) is 20.7 Å². The lowest BCUT2D eigenvalue weighted by atomic mass is 10.2. The molecule has 0 saturated heterocycles. The average Bonchev–Trinajstić information content (AvgIpc) is 2.88. The fourth-order valence-corrected chi connectivity index (χ4v) is 9.04. The monoisotopic (exact) mass is 414 g/mol. The van der Waals surface area contributed by atoms with Crippen LogP contribution < -0.4 is 20.7 Å². The Morgan fingerprint density at radius 2 is 0.935 bits per heavy atom. The van der Waals surface area contributed by atoms with E-state index in [4.69, 9.17) is 4.98 Å². The summed E-state index contributed by atoms with van der Waals surface area (Å²) in [6.45, 7) is 0. The number of aromatic nitrogens is 2. The second-order valence-corrected chi connectivity index (χ2v) is 11.3. The fourth-order valence-electron chi connectivity index (χ4n) is 4.37. The van der Waals surface area contributed by atoms with E-state index in [1.54, 1.807) is 0 Å². The molecular weight excluding hydrogens is 392 g/mol. The van der Waals surface area contributed by atoms with Gasteiger partial charge in [0, 0.05) is 24.2 Å². The van der Waals surface area contributed by atoms with Crippen molar-refractivity contribution in [2.24, 2.45) is 0 Å². The van der Waals surface area contributed by atoms with E-state index >= 15 is 0 Å². The second-order valence-electron chi connectivity index (χ2n) is 7.52. The van der Waals surface area contributed by atoms with E-state index in [-0.39, 0.29) is 0 Å². The Balaban J connectivity index is 1.78. The molecule has 0 amide bonds. The maximum Gasteiger partial charge on any atom is 0.181 e. The molecule has 5 rings (SSSR count). The molecule has 0 fully saturated rings. The predicted molar refractivity (Wildman–Crippen MR) is 131 cm³/mol. The van der Waals surface area contributed by atoms with Crippen molar-refractivity contribution in [1.82, 2.24) is 9.97 Å². The summed E-state index contributed by atoms with van der Waals surface area (Å²) in [4.78, 5) is 9.02. The Hall–Kier alpha value is -3.82. The predicted octanol–water partition coefficient (Wildman–Crippen LogP) is 3.52. The molecule has 2 aromatic heterocycles. The summed E-state index contributed by atoms with van der Waals surface area (Å²) in [5.41, 5.74) is 2.04. The van der Waals surface area contributed by atoms with Gasteiger partial charge in [0.05, 0.1) is 5.69 Å². The van der Waals surface area contributed by atoms with Crippen LogP contribution in [0.5, 0.6) is 0 Å². The summed E-state index contributed by atoms with van der Waals surface area (Å²) < 4.78 is 0. The van der Waals surface area contributed by atoms with Gasteiger partial charge in [-0.2, -0.15) is 0 Å². The van der Waals surface area contributed by atoms with Crippen molar-refractivity contribution in [2.45, 2.75) is 0 Å². The lowest BCUT2D eigenvalue weighted by molar-refractivity contribution is 1.29. The molecule has 2 heterocycles. The van der Waals surface area contributed by atoms with Crippen molar-refractivity contribution in [1.29, 1.82) is 0 Å². The smallest absolute Gasteiger partial charge is 0.181 e. The zero-order valence-electron chi connectivity index (χ0n) is 17.1. The Morgan fingerprint density at radius 3 is 1.35 bits per heavy atom. The zero-order chi connectivity index (χ0) is 20.9. The van der Waals surface area contributed by atoms with Gasteiger partial charge >= 0.3 is 0 Å². The average molecular weight is 415 g/mol. The fraction of sp³-hybridized carbons (Fsp3) is 0. The quantitative estimate of drug-likeness (QED) is 0.325. The summed E-state index contributed by atoms with van der Waals surface area (Å²) in [6.07, 6.45) is 5.69. The standard InChI is InChI=1S/C28H22N2Si/c1-4-10-24(11-5-1)31(25-12-6-2-7-13-25,26-14-8-3-9-15-26)27-16-17-28(30-22-27)23-18-20-29-21-19-23/h1-22H. The molecule has 0 aliphatic heterocycles. The number of hydrogen-bond acceptors (Lipinski definition) is 2. The summed E-state index contributed by atoms with van der Waals surface area (Å²) >= 11 is 0. The van der Waals surface area contributed by atoms with Crippen molar-refractivity contribution in [3.8, 4) is 11.3 Å². The number of hydrogen-bond donors (Lipinski definition) is 0. The normalized spacial score (nSPS) is 11.2. The van der Waals surface area contributed by atoms with Crippen LogP contribution in [0.2, 0.25) is 0 Å². The summed E-state index contributed by atoms with van der Waals surface area (Å²) in [5, 5.41) is 5.33. The van der Waals surface area contributed by atoms with Crippen LogP contribution in [0.25, 0.3) is 11.3 Å². The minimum absolute atomic E-state index is 0.961. The molecule has 5 aromatic rings. The maximum absolute atomic E-state index is 4.90. The number of benzene rings is 3. The van der Waals surface area contributed by atoms with Crippen LogP contribution >= 0.6 is 0 Å². The first-order valence-corrected chi connectivity index (χ1v) is 12.4. The lowest BCUT2D eigenvalue weighted by Crippen LogP contribution is -2.74. The van der Waals surface area contributed by atoms with Gasteiger partial charge in [0.15, 0.2) is 8.07 Å². The molecule has 0 saturated carbocycles. The molecule has 0 unspecified atom stereocenters. The Kier molecular flexibility index (Phi) is 5.25. The Morgan fingerprint density at radius 1 is 0.452 bits per heavy atom. The van der Waals surface area contributed by atoms with Crippen molar-refractivity contribution < 1.29 is 0 Å². The van der Waals surface area contributed by atoms with E-state index in [2.05, 4.69) is 114 Å². The third-order valence-electron chi connectivity index (χ3n) is 5.79. The number of rotatable bonds is 5. The van der Waals surface area contributed by atoms with Crippen LogP contribution in [0.3, 0.4) is 0 Å². The maximum atomic E-state index is 4.90. The molecule has 3 aromatic carbocycles. The van der Waals surface area contributed by atoms with Gasteiger partial charge in [-0.1, -0.05) is 97.1 Å². The number of pyridine rings is 2. The van der Waals surface area contributed by atoms with E-state index in [0.29, 0.717) is 0 Å². The first-order valence-electron chi connectivity index (χ1n) is 10.4. The molecule has 31 heavy (non-hydrogen) atoms. The Labute approximate surface area is 183 Å². The van der Waals surface area contributed by atoms with E-state index in [9.17, 15) is 0 Å². The highest BCUT2D eigenvalue weighted by Crippen LogP contribution is 2.15. The second kappa shape index (κ2) is 8.50. The largest absolute Gasteiger partial charge is 0.265 e. The molecule has 0 spiro atoms. The van der Waals surface area contributed by atoms with Crippen LogP contribution in [0.15, 0.2) is 134 Å². The van der Waals surface area contributed by atoms with Crippen LogP contribution in [-0.4, -0.2) is 18.0 Å². The summed E-state index contributed by atoms with van der Waals surface area (Å²) in [6, 6.07) is 41.1. The van der Waals surface area contributed by atoms with Crippen LogP contribution in [0, 0.1) is 0 Å². The minimum Gasteiger partial charge on any atom is -0.265 e. The molecule has 2 nitrogen and oxygen atoms in total. The molecule has 0 aliphatic carbocycles. The Bertz CT molecular complexity index is 1140. The highest BCUT2D eigenvalue weighted by Gasteiger charge is 2.41. The van der Waals surface area contributed by atoms with Gasteiger partial charge in [0.25, 0.3) is 0 Å². The molecule has 0 radical (unpaired) electrons.